The van der Waals surface area contributed by atoms with Crippen LogP contribution in [0.5, 0.6) is 0 Å². The molecule has 0 aliphatic carbocycles. The standard InChI is InChI=1S/C6H8F2O3/c1-5(2)6(8,3-7)11-4(9)10-5/h3H2,1-2H3. The Hall–Kier alpha value is -0.870. The summed E-state index contributed by atoms with van der Waals surface area (Å²) in [5.41, 5.74) is -1.54. The average Bonchev–Trinajstić information content (AvgIpc) is 2.03. The molecule has 0 N–H and O–H groups in total. The fraction of sp³-hybridized carbons (Fsp3) is 0.833. The maximum absolute atomic E-state index is 13.1. The predicted molar refractivity (Wildman–Crippen MR) is 31.5 cm³/mol. The Morgan fingerprint density at radius 1 is 1.45 bits per heavy atom. The molecule has 1 aliphatic heterocycles. The van der Waals surface area contributed by atoms with E-state index in [0.717, 1.165) is 0 Å². The van der Waals surface area contributed by atoms with Crippen molar-refractivity contribution in [2.45, 2.75) is 25.3 Å². The lowest BCUT2D eigenvalue weighted by Crippen LogP contribution is -2.45. The minimum Gasteiger partial charge on any atom is -0.421 e. The number of carbonyl (C=O) groups is 1. The second kappa shape index (κ2) is 2.06. The molecule has 0 bridgehead atoms. The molecule has 1 fully saturated rings. The molecule has 1 unspecified atom stereocenters. The molecule has 0 saturated carbocycles. The van der Waals surface area contributed by atoms with Crippen LogP contribution in [0.4, 0.5) is 13.6 Å². The van der Waals surface area contributed by atoms with E-state index >= 15 is 0 Å². The summed E-state index contributed by atoms with van der Waals surface area (Å²) in [5, 5.41) is 0. The van der Waals surface area contributed by atoms with Gasteiger partial charge in [0, 0.05) is 0 Å². The van der Waals surface area contributed by atoms with Gasteiger partial charge in [0.25, 0.3) is 0 Å². The van der Waals surface area contributed by atoms with Crippen molar-refractivity contribution >= 4 is 6.16 Å². The van der Waals surface area contributed by atoms with Crippen molar-refractivity contribution in [2.24, 2.45) is 0 Å². The van der Waals surface area contributed by atoms with Crippen molar-refractivity contribution in [1.29, 1.82) is 0 Å². The maximum Gasteiger partial charge on any atom is 0.512 e. The third-order valence-electron chi connectivity index (χ3n) is 1.65. The number of halogens is 2. The van der Waals surface area contributed by atoms with Gasteiger partial charge in [0.1, 0.15) is 0 Å². The zero-order chi connectivity index (χ0) is 8.70. The number of carbonyl (C=O) groups excluding carboxylic acids is 1. The zero-order valence-electron chi connectivity index (χ0n) is 6.19. The van der Waals surface area contributed by atoms with Gasteiger partial charge in [-0.2, -0.15) is 4.39 Å². The summed E-state index contributed by atoms with van der Waals surface area (Å²) in [4.78, 5) is 10.4. The molecule has 1 rings (SSSR count). The molecule has 5 heteroatoms. The molecular weight excluding hydrogens is 158 g/mol. The van der Waals surface area contributed by atoms with Crippen LogP contribution in [0.15, 0.2) is 0 Å². The smallest absolute Gasteiger partial charge is 0.421 e. The number of alkyl halides is 2. The Labute approximate surface area is 62.3 Å². The van der Waals surface area contributed by atoms with Crippen molar-refractivity contribution in [3.8, 4) is 0 Å². The Morgan fingerprint density at radius 2 is 2.00 bits per heavy atom. The summed E-state index contributed by atoms with van der Waals surface area (Å²) in [7, 11) is 0. The first-order valence-corrected chi connectivity index (χ1v) is 3.08. The van der Waals surface area contributed by atoms with Crippen LogP contribution in [-0.4, -0.2) is 24.3 Å². The van der Waals surface area contributed by atoms with E-state index in [1.807, 2.05) is 0 Å². The highest BCUT2D eigenvalue weighted by Crippen LogP contribution is 2.38. The van der Waals surface area contributed by atoms with E-state index in [1.165, 1.54) is 13.8 Å². The van der Waals surface area contributed by atoms with Gasteiger partial charge in [-0.15, -0.1) is 0 Å². The molecular formula is C6H8F2O3. The van der Waals surface area contributed by atoms with Crippen LogP contribution in [0.1, 0.15) is 13.8 Å². The molecule has 1 saturated heterocycles. The number of cyclic esters (lactones) is 2. The van der Waals surface area contributed by atoms with Crippen LogP contribution in [-0.2, 0) is 9.47 Å². The first-order chi connectivity index (χ1) is 4.91. The van der Waals surface area contributed by atoms with E-state index in [2.05, 4.69) is 9.47 Å². The Kier molecular flexibility index (Phi) is 1.54. The number of hydrogen-bond acceptors (Lipinski definition) is 3. The summed E-state index contributed by atoms with van der Waals surface area (Å²) < 4.78 is 33.5. The molecule has 0 aromatic carbocycles. The second-order valence-corrected chi connectivity index (χ2v) is 2.83. The highest BCUT2D eigenvalue weighted by Gasteiger charge is 2.59. The number of hydrogen-bond donors (Lipinski definition) is 0. The van der Waals surface area contributed by atoms with Gasteiger partial charge in [-0.3, -0.25) is 0 Å². The molecule has 1 heterocycles. The molecule has 1 atom stereocenters. The van der Waals surface area contributed by atoms with Gasteiger partial charge < -0.3 is 9.47 Å². The first kappa shape index (κ1) is 8.23. The van der Waals surface area contributed by atoms with Gasteiger partial charge in [0.15, 0.2) is 12.3 Å². The largest absolute Gasteiger partial charge is 0.512 e. The van der Waals surface area contributed by atoms with Crippen LogP contribution in [0.2, 0.25) is 0 Å². The van der Waals surface area contributed by atoms with Gasteiger partial charge in [0.05, 0.1) is 0 Å². The Bertz CT molecular complexity index is 192. The van der Waals surface area contributed by atoms with Gasteiger partial charge in [-0.05, 0) is 13.8 Å². The Balaban J connectivity index is 2.89. The molecule has 0 amide bonds. The minimum absolute atomic E-state index is 1.17. The van der Waals surface area contributed by atoms with Crippen molar-refractivity contribution in [3.63, 3.8) is 0 Å². The van der Waals surface area contributed by atoms with Gasteiger partial charge in [-0.1, -0.05) is 0 Å². The van der Waals surface area contributed by atoms with Gasteiger partial charge in [-0.25, -0.2) is 9.18 Å². The average molecular weight is 166 g/mol. The van der Waals surface area contributed by atoms with E-state index in [9.17, 15) is 13.6 Å². The molecule has 11 heavy (non-hydrogen) atoms. The van der Waals surface area contributed by atoms with E-state index in [1.54, 1.807) is 0 Å². The van der Waals surface area contributed by atoms with Crippen LogP contribution in [0, 0.1) is 0 Å². The van der Waals surface area contributed by atoms with Crippen molar-refractivity contribution in [1.82, 2.24) is 0 Å². The SMILES string of the molecule is CC1(C)OC(=O)OC1(F)CF. The monoisotopic (exact) mass is 166 g/mol. The predicted octanol–water partition coefficient (Wildman–Crippen LogP) is 1.57. The molecule has 0 aromatic heterocycles. The summed E-state index contributed by atoms with van der Waals surface area (Å²) in [6.45, 7) is 1.10. The third kappa shape index (κ3) is 1.04. The molecule has 0 radical (unpaired) electrons. The quantitative estimate of drug-likeness (QED) is 0.554. The van der Waals surface area contributed by atoms with Gasteiger partial charge in [0.2, 0.25) is 0 Å². The van der Waals surface area contributed by atoms with Crippen LogP contribution >= 0.6 is 0 Å². The van der Waals surface area contributed by atoms with E-state index in [0.29, 0.717) is 0 Å². The zero-order valence-corrected chi connectivity index (χ0v) is 6.19. The second-order valence-electron chi connectivity index (χ2n) is 2.83. The number of ether oxygens (including phenoxy) is 2. The summed E-state index contributed by atoms with van der Waals surface area (Å²) >= 11 is 0. The minimum atomic E-state index is -2.63. The van der Waals surface area contributed by atoms with Gasteiger partial charge >= 0.3 is 12.0 Å². The highest BCUT2D eigenvalue weighted by atomic mass is 19.2. The lowest BCUT2D eigenvalue weighted by molar-refractivity contribution is -0.142. The topological polar surface area (TPSA) is 35.5 Å². The molecule has 1 aliphatic rings. The fourth-order valence-corrected chi connectivity index (χ4v) is 0.749. The van der Waals surface area contributed by atoms with Crippen LogP contribution < -0.4 is 0 Å². The molecule has 3 nitrogen and oxygen atoms in total. The van der Waals surface area contributed by atoms with E-state index in [4.69, 9.17) is 0 Å². The van der Waals surface area contributed by atoms with Crippen LogP contribution in [0.3, 0.4) is 0 Å². The summed E-state index contributed by atoms with van der Waals surface area (Å²) in [6, 6.07) is 0. The highest BCUT2D eigenvalue weighted by molar-refractivity contribution is 5.63. The maximum atomic E-state index is 13.1. The third-order valence-corrected chi connectivity index (χ3v) is 1.65. The van der Waals surface area contributed by atoms with Crippen molar-refractivity contribution < 1.29 is 23.0 Å². The van der Waals surface area contributed by atoms with Crippen LogP contribution in [0.25, 0.3) is 0 Å². The van der Waals surface area contributed by atoms with E-state index in [-0.39, 0.29) is 0 Å². The molecule has 64 valence electrons. The van der Waals surface area contributed by atoms with Crippen molar-refractivity contribution in [2.75, 3.05) is 6.67 Å². The summed E-state index contributed by atoms with van der Waals surface area (Å²) in [6.07, 6.45) is -1.17. The number of rotatable bonds is 1. The summed E-state index contributed by atoms with van der Waals surface area (Å²) in [5.74, 6) is -2.63. The molecule has 0 aromatic rings. The Morgan fingerprint density at radius 3 is 2.18 bits per heavy atom. The van der Waals surface area contributed by atoms with Crippen molar-refractivity contribution in [3.05, 3.63) is 0 Å². The first-order valence-electron chi connectivity index (χ1n) is 3.08. The van der Waals surface area contributed by atoms with E-state index < -0.39 is 24.3 Å². The molecule has 0 spiro atoms. The lowest BCUT2D eigenvalue weighted by atomic mass is 10.0. The normalized spacial score (nSPS) is 34.7. The lowest BCUT2D eigenvalue weighted by Gasteiger charge is -2.24. The fourth-order valence-electron chi connectivity index (χ4n) is 0.749.